The Morgan fingerprint density at radius 3 is 2.44 bits per heavy atom. The summed E-state index contributed by atoms with van der Waals surface area (Å²) in [7, 11) is 0. The minimum atomic E-state index is 0.551. The molecule has 1 fully saturated rings. The zero-order chi connectivity index (χ0) is 18.1. The summed E-state index contributed by atoms with van der Waals surface area (Å²) in [6.07, 6.45) is 4.41. The van der Waals surface area contributed by atoms with Crippen molar-refractivity contribution in [3.05, 3.63) is 72.7 Å². The van der Waals surface area contributed by atoms with Crippen LogP contribution in [0.5, 0.6) is 0 Å². The van der Waals surface area contributed by atoms with E-state index in [2.05, 4.69) is 44.4 Å². The molecule has 2 aromatic heterocycles. The van der Waals surface area contributed by atoms with E-state index in [-0.39, 0.29) is 0 Å². The van der Waals surface area contributed by atoms with Crippen LogP contribution in [0.15, 0.2) is 72.0 Å². The van der Waals surface area contributed by atoms with E-state index >= 15 is 0 Å². The van der Waals surface area contributed by atoms with Gasteiger partial charge in [-0.1, -0.05) is 60.3 Å². The van der Waals surface area contributed by atoms with E-state index in [1.807, 2.05) is 42.6 Å². The zero-order valence-corrected chi connectivity index (χ0v) is 15.5. The Kier molecular flexibility index (Phi) is 4.21. The molecule has 2 aromatic carbocycles. The lowest BCUT2D eigenvalue weighted by Crippen LogP contribution is -2.03. The third-order valence-corrected chi connectivity index (χ3v) is 5.57. The summed E-state index contributed by atoms with van der Waals surface area (Å²) >= 11 is 1.69. The Labute approximate surface area is 161 Å². The topological polar surface area (TPSA) is 61.4 Å². The molecule has 0 unspecified atom stereocenters. The number of thioether (sulfide) groups is 1. The van der Waals surface area contributed by atoms with Gasteiger partial charge >= 0.3 is 0 Å². The van der Waals surface area contributed by atoms with Gasteiger partial charge in [0.2, 0.25) is 0 Å². The molecule has 2 heterocycles. The van der Waals surface area contributed by atoms with E-state index in [4.69, 9.17) is 4.98 Å². The second kappa shape index (κ2) is 7.00. The van der Waals surface area contributed by atoms with Crippen LogP contribution in [0.1, 0.15) is 24.7 Å². The van der Waals surface area contributed by atoms with Crippen LogP contribution in [0, 0.1) is 0 Å². The molecule has 7 heteroatoms. The minimum Gasteiger partial charge on any atom is -0.316 e. The van der Waals surface area contributed by atoms with Gasteiger partial charge in [-0.25, -0.2) is 4.98 Å². The normalized spacial score (nSPS) is 13.8. The first-order valence-electron chi connectivity index (χ1n) is 8.98. The predicted octanol–water partition coefficient (Wildman–Crippen LogP) is 4.15. The van der Waals surface area contributed by atoms with Crippen molar-refractivity contribution in [3.8, 4) is 16.9 Å². The van der Waals surface area contributed by atoms with Gasteiger partial charge in [-0.3, -0.25) is 0 Å². The van der Waals surface area contributed by atoms with E-state index in [0.717, 1.165) is 16.7 Å². The third kappa shape index (κ3) is 3.26. The smallest absolute Gasteiger partial charge is 0.169 e. The first-order valence-corrected chi connectivity index (χ1v) is 9.97. The van der Waals surface area contributed by atoms with Crippen LogP contribution >= 0.6 is 11.8 Å². The molecule has 4 aromatic rings. The molecule has 0 amide bonds. The van der Waals surface area contributed by atoms with Gasteiger partial charge < -0.3 is 4.57 Å². The number of hydrogen-bond donors (Lipinski definition) is 0. The molecule has 0 atom stereocenters. The van der Waals surface area contributed by atoms with E-state index in [1.54, 1.807) is 16.4 Å². The number of benzene rings is 2. The van der Waals surface area contributed by atoms with Crippen molar-refractivity contribution in [1.82, 2.24) is 29.8 Å². The molecule has 5 rings (SSSR count). The first kappa shape index (κ1) is 16.3. The highest BCUT2D eigenvalue weighted by Gasteiger charge is 2.29. The molecule has 0 bridgehead atoms. The van der Waals surface area contributed by atoms with Crippen molar-refractivity contribution in [2.75, 3.05) is 0 Å². The number of imidazole rings is 1. The summed E-state index contributed by atoms with van der Waals surface area (Å²) in [4.78, 5) is 4.70. The Morgan fingerprint density at radius 1 is 0.963 bits per heavy atom. The van der Waals surface area contributed by atoms with Gasteiger partial charge in [0.1, 0.15) is 0 Å². The van der Waals surface area contributed by atoms with Crippen molar-refractivity contribution >= 4 is 11.8 Å². The Morgan fingerprint density at radius 2 is 1.70 bits per heavy atom. The lowest BCUT2D eigenvalue weighted by atomic mass is 10.2. The van der Waals surface area contributed by atoms with Crippen molar-refractivity contribution in [2.24, 2.45) is 0 Å². The molecule has 6 nitrogen and oxygen atoms in total. The number of aromatic nitrogens is 6. The highest BCUT2D eigenvalue weighted by molar-refractivity contribution is 7.98. The van der Waals surface area contributed by atoms with Crippen LogP contribution in [0.4, 0.5) is 0 Å². The second-order valence-corrected chi connectivity index (χ2v) is 7.47. The molecule has 0 N–H and O–H groups in total. The first-order chi connectivity index (χ1) is 13.4. The number of nitrogens with zero attached hydrogens (tertiary/aromatic N) is 6. The van der Waals surface area contributed by atoms with Crippen molar-refractivity contribution in [2.45, 2.75) is 29.8 Å². The maximum atomic E-state index is 4.70. The van der Waals surface area contributed by atoms with Crippen LogP contribution < -0.4 is 0 Å². The highest BCUT2D eigenvalue weighted by atomic mass is 32.2. The molecule has 0 spiro atoms. The monoisotopic (exact) mass is 374 g/mol. The molecule has 134 valence electrons. The summed E-state index contributed by atoms with van der Waals surface area (Å²) in [5, 5.41) is 13.2. The van der Waals surface area contributed by atoms with Crippen LogP contribution in [0.2, 0.25) is 0 Å². The van der Waals surface area contributed by atoms with Crippen LogP contribution in [0.3, 0.4) is 0 Å². The summed E-state index contributed by atoms with van der Waals surface area (Å²) in [5.41, 5.74) is 3.36. The zero-order valence-electron chi connectivity index (χ0n) is 14.6. The molecular formula is C20H18N6S. The van der Waals surface area contributed by atoms with Gasteiger partial charge in [-0.15, -0.1) is 5.10 Å². The SMILES string of the molecule is c1ccc(-c2cnc(SCc3nnnn3-c3ccccc3)n2C2CC2)cc1. The fourth-order valence-electron chi connectivity index (χ4n) is 3.15. The van der Waals surface area contributed by atoms with Crippen molar-refractivity contribution in [3.63, 3.8) is 0 Å². The van der Waals surface area contributed by atoms with Gasteiger partial charge in [0.25, 0.3) is 0 Å². The number of hydrogen-bond acceptors (Lipinski definition) is 5. The van der Waals surface area contributed by atoms with Gasteiger partial charge in [0.05, 0.1) is 23.3 Å². The molecular weight excluding hydrogens is 356 g/mol. The number of para-hydroxylation sites is 1. The summed E-state index contributed by atoms with van der Waals surface area (Å²) < 4.78 is 4.16. The molecule has 0 saturated heterocycles. The molecule has 0 aliphatic heterocycles. The average molecular weight is 374 g/mol. The Balaban J connectivity index is 1.42. The molecule has 1 aliphatic rings. The minimum absolute atomic E-state index is 0.551. The molecule has 1 saturated carbocycles. The van der Waals surface area contributed by atoms with E-state index in [1.165, 1.54) is 24.1 Å². The van der Waals surface area contributed by atoms with E-state index in [9.17, 15) is 0 Å². The number of rotatable bonds is 6. The highest BCUT2D eigenvalue weighted by Crippen LogP contribution is 2.42. The predicted molar refractivity (Wildman–Crippen MR) is 105 cm³/mol. The van der Waals surface area contributed by atoms with Gasteiger partial charge in [-0.05, 0) is 41.0 Å². The fourth-order valence-corrected chi connectivity index (χ4v) is 4.11. The molecule has 27 heavy (non-hydrogen) atoms. The number of tetrazole rings is 1. The lowest BCUT2D eigenvalue weighted by molar-refractivity contribution is 0.669. The third-order valence-electron chi connectivity index (χ3n) is 4.61. The largest absolute Gasteiger partial charge is 0.316 e. The maximum absolute atomic E-state index is 4.70. The Bertz CT molecular complexity index is 1040. The quantitative estimate of drug-likeness (QED) is 0.474. The lowest BCUT2D eigenvalue weighted by Gasteiger charge is -2.10. The fraction of sp³-hybridized carbons (Fsp3) is 0.200. The second-order valence-electron chi connectivity index (χ2n) is 6.52. The van der Waals surface area contributed by atoms with Crippen molar-refractivity contribution < 1.29 is 0 Å². The summed E-state index contributed by atoms with van der Waals surface area (Å²) in [5.74, 6) is 1.48. The van der Waals surface area contributed by atoms with Crippen molar-refractivity contribution in [1.29, 1.82) is 0 Å². The Hall–Kier alpha value is -2.93. The standard InChI is InChI=1S/C20H18N6S/c1-3-7-15(8-4-1)18-13-21-20(25(18)16-11-12-16)27-14-19-22-23-24-26(19)17-9-5-2-6-10-17/h1-10,13,16H,11-12,14H2. The van der Waals surface area contributed by atoms with Crippen LogP contribution in [-0.2, 0) is 5.75 Å². The van der Waals surface area contributed by atoms with Crippen LogP contribution in [0.25, 0.3) is 16.9 Å². The van der Waals surface area contributed by atoms with E-state index in [0.29, 0.717) is 11.8 Å². The van der Waals surface area contributed by atoms with Gasteiger partial charge in [0, 0.05) is 6.04 Å². The molecule has 1 aliphatic carbocycles. The summed E-state index contributed by atoms with van der Waals surface area (Å²) in [6.45, 7) is 0. The average Bonchev–Trinajstić information content (AvgIpc) is 3.30. The van der Waals surface area contributed by atoms with Gasteiger partial charge in [-0.2, -0.15) is 4.68 Å². The maximum Gasteiger partial charge on any atom is 0.169 e. The molecule has 0 radical (unpaired) electrons. The van der Waals surface area contributed by atoms with E-state index < -0.39 is 0 Å². The van der Waals surface area contributed by atoms with Crippen LogP contribution in [-0.4, -0.2) is 29.8 Å². The van der Waals surface area contributed by atoms with Gasteiger partial charge in [0.15, 0.2) is 11.0 Å². The summed E-state index contributed by atoms with van der Waals surface area (Å²) in [6, 6.07) is 21.0.